The molecule has 29 heavy (non-hydrogen) atoms. The molecule has 3 rings (SSSR count). The monoisotopic (exact) mass is 404 g/mol. The van der Waals surface area contributed by atoms with E-state index in [2.05, 4.69) is 10.4 Å². The molecule has 0 unspecified atom stereocenters. The molecule has 1 aromatic heterocycles. The number of carbonyl (C=O) groups excluding carboxylic acids is 1. The van der Waals surface area contributed by atoms with Crippen LogP contribution in [0.4, 0.5) is 5.69 Å². The lowest BCUT2D eigenvalue weighted by Crippen LogP contribution is -2.22. The lowest BCUT2D eigenvalue weighted by atomic mass is 10.1. The van der Waals surface area contributed by atoms with Crippen LogP contribution >= 0.6 is 11.6 Å². The summed E-state index contributed by atoms with van der Waals surface area (Å²) in [5, 5.41) is 16.5. The van der Waals surface area contributed by atoms with Gasteiger partial charge in [-0.25, -0.2) is 4.68 Å². The summed E-state index contributed by atoms with van der Waals surface area (Å²) in [7, 11) is 0. The summed E-state index contributed by atoms with van der Waals surface area (Å²) >= 11 is 6.06. The zero-order valence-electron chi connectivity index (χ0n) is 15.8. The van der Waals surface area contributed by atoms with Crippen LogP contribution in [-0.4, -0.2) is 16.8 Å². The first-order valence-electron chi connectivity index (χ1n) is 8.74. The molecule has 0 aliphatic rings. The molecule has 0 spiro atoms. The quantitative estimate of drug-likeness (QED) is 0.663. The second-order valence-corrected chi connectivity index (χ2v) is 6.78. The summed E-state index contributed by atoms with van der Waals surface area (Å²) in [4.78, 5) is 24.8. The number of benzene rings is 2. The summed E-state index contributed by atoms with van der Waals surface area (Å²) in [6.45, 7) is 3.46. The summed E-state index contributed by atoms with van der Waals surface area (Å²) < 4.78 is 1.18. The molecule has 1 amide bonds. The first kappa shape index (κ1) is 20.1. The number of rotatable bonds is 4. The lowest BCUT2D eigenvalue weighted by Gasteiger charge is -2.08. The highest BCUT2D eigenvalue weighted by Gasteiger charge is 2.11. The summed E-state index contributed by atoms with van der Waals surface area (Å²) in [5.41, 5.74) is 2.44. The van der Waals surface area contributed by atoms with Crippen molar-refractivity contribution < 1.29 is 4.79 Å². The van der Waals surface area contributed by atoms with E-state index in [1.54, 1.807) is 68.4 Å². The molecular formula is C22H17ClN4O2. The number of amides is 1. The summed E-state index contributed by atoms with van der Waals surface area (Å²) in [6, 6.07) is 17.4. The van der Waals surface area contributed by atoms with Gasteiger partial charge < -0.3 is 5.32 Å². The summed E-state index contributed by atoms with van der Waals surface area (Å²) in [5.74, 6) is -0.325. The number of carbonyl (C=O) groups is 1. The van der Waals surface area contributed by atoms with E-state index in [4.69, 9.17) is 16.9 Å². The molecule has 0 bridgehead atoms. The summed E-state index contributed by atoms with van der Waals surface area (Å²) in [6.07, 6.45) is 1.50. The first-order chi connectivity index (χ1) is 13.9. The van der Waals surface area contributed by atoms with Gasteiger partial charge in [0.15, 0.2) is 0 Å². The third-order valence-corrected chi connectivity index (χ3v) is 4.59. The van der Waals surface area contributed by atoms with Crippen LogP contribution in [0.25, 0.3) is 0 Å². The van der Waals surface area contributed by atoms with Gasteiger partial charge in [0.05, 0.1) is 16.8 Å². The molecule has 3 aromatic rings. The highest BCUT2D eigenvalue weighted by molar-refractivity contribution is 6.34. The van der Waals surface area contributed by atoms with Crippen molar-refractivity contribution in [3.63, 3.8) is 0 Å². The third-order valence-electron chi connectivity index (χ3n) is 4.26. The van der Waals surface area contributed by atoms with Crippen molar-refractivity contribution in [2.45, 2.75) is 13.8 Å². The normalized spacial score (nSPS) is 10.7. The maximum atomic E-state index is 12.4. The molecule has 0 aliphatic carbocycles. The number of halogens is 1. The van der Waals surface area contributed by atoms with Crippen LogP contribution in [0.2, 0.25) is 5.02 Å². The second kappa shape index (κ2) is 8.55. The van der Waals surface area contributed by atoms with Crippen LogP contribution < -0.4 is 10.9 Å². The van der Waals surface area contributed by atoms with E-state index in [9.17, 15) is 9.59 Å². The van der Waals surface area contributed by atoms with Gasteiger partial charge >= 0.3 is 0 Å². The molecular weight excluding hydrogens is 388 g/mol. The molecule has 6 nitrogen and oxygen atoms in total. The van der Waals surface area contributed by atoms with Crippen molar-refractivity contribution >= 4 is 29.4 Å². The van der Waals surface area contributed by atoms with E-state index in [-0.39, 0.29) is 11.5 Å². The Morgan fingerprint density at radius 2 is 1.93 bits per heavy atom. The van der Waals surface area contributed by atoms with Crippen molar-refractivity contribution in [1.29, 1.82) is 5.26 Å². The number of anilines is 1. The molecule has 2 aromatic carbocycles. The van der Waals surface area contributed by atoms with Gasteiger partial charge in [-0.15, -0.1) is 0 Å². The minimum atomic E-state index is -0.468. The fourth-order valence-electron chi connectivity index (χ4n) is 2.83. The number of pyridine rings is 1. The van der Waals surface area contributed by atoms with Crippen molar-refractivity contribution in [1.82, 2.24) is 4.68 Å². The highest BCUT2D eigenvalue weighted by Crippen LogP contribution is 2.17. The minimum Gasteiger partial charge on any atom is -0.322 e. The van der Waals surface area contributed by atoms with Crippen LogP contribution in [0, 0.1) is 25.2 Å². The molecule has 0 saturated carbocycles. The fraction of sp³-hybridized carbons (Fsp3) is 0.0909. The Kier molecular flexibility index (Phi) is 5.91. The van der Waals surface area contributed by atoms with Gasteiger partial charge in [0.25, 0.3) is 11.5 Å². The van der Waals surface area contributed by atoms with E-state index < -0.39 is 5.56 Å². The third kappa shape index (κ3) is 4.42. The maximum absolute atomic E-state index is 12.4. The number of hydrogen-bond acceptors (Lipinski definition) is 4. The molecule has 7 heteroatoms. The molecule has 0 aliphatic heterocycles. The highest BCUT2D eigenvalue weighted by atomic mass is 35.5. The molecule has 1 heterocycles. The predicted octanol–water partition coefficient (Wildman–Crippen LogP) is 4.12. The van der Waals surface area contributed by atoms with E-state index in [0.29, 0.717) is 33.1 Å². The minimum absolute atomic E-state index is 0.0634. The number of aromatic nitrogens is 1. The number of aryl methyl sites for hydroxylation is 2. The van der Waals surface area contributed by atoms with Crippen LogP contribution in [0.15, 0.2) is 64.5 Å². The molecule has 0 radical (unpaired) electrons. The Morgan fingerprint density at radius 3 is 2.66 bits per heavy atom. The van der Waals surface area contributed by atoms with Crippen molar-refractivity contribution in [2.75, 3.05) is 5.32 Å². The zero-order chi connectivity index (χ0) is 21.0. The van der Waals surface area contributed by atoms with Gasteiger partial charge in [-0.3, -0.25) is 9.59 Å². The Labute approximate surface area is 172 Å². The van der Waals surface area contributed by atoms with Crippen LogP contribution in [0.3, 0.4) is 0 Å². The molecule has 1 N–H and O–H groups in total. The number of nitriles is 1. The second-order valence-electron chi connectivity index (χ2n) is 6.38. The van der Waals surface area contributed by atoms with E-state index >= 15 is 0 Å². The standard InChI is InChI=1S/C22H17ClN4O2/c1-14-10-15(2)27(22(29)19(14)12-24)25-13-16-6-5-7-17(11-16)26-21(28)18-8-3-4-9-20(18)23/h3-11,13H,1-2H3,(H,26,28)/b25-13-. The Bertz CT molecular complexity index is 1220. The number of hydrogen-bond donors (Lipinski definition) is 1. The van der Waals surface area contributed by atoms with Gasteiger partial charge in [-0.1, -0.05) is 35.9 Å². The fourth-order valence-corrected chi connectivity index (χ4v) is 3.05. The van der Waals surface area contributed by atoms with Crippen molar-refractivity contribution in [3.05, 3.63) is 97.9 Å². The van der Waals surface area contributed by atoms with Crippen molar-refractivity contribution in [3.8, 4) is 6.07 Å². The largest absolute Gasteiger partial charge is 0.322 e. The van der Waals surface area contributed by atoms with Gasteiger partial charge in [-0.2, -0.15) is 10.4 Å². The topological polar surface area (TPSA) is 87.2 Å². The number of nitrogens with zero attached hydrogens (tertiary/aromatic N) is 3. The van der Waals surface area contributed by atoms with E-state index in [1.165, 1.54) is 10.9 Å². The molecule has 144 valence electrons. The Hall–Kier alpha value is -3.69. The maximum Gasteiger partial charge on any atom is 0.289 e. The van der Waals surface area contributed by atoms with E-state index in [0.717, 1.165) is 0 Å². The van der Waals surface area contributed by atoms with Gasteiger partial charge in [0.2, 0.25) is 0 Å². The Morgan fingerprint density at radius 1 is 1.17 bits per heavy atom. The van der Waals surface area contributed by atoms with Crippen LogP contribution in [-0.2, 0) is 0 Å². The SMILES string of the molecule is Cc1cc(C)n(/N=C\c2cccc(NC(=O)c3ccccc3Cl)c2)c(=O)c1C#N. The van der Waals surface area contributed by atoms with Crippen LogP contribution in [0.1, 0.15) is 32.7 Å². The average Bonchev–Trinajstić information content (AvgIpc) is 2.68. The number of nitrogens with one attached hydrogen (secondary N) is 1. The lowest BCUT2D eigenvalue weighted by molar-refractivity contribution is 0.102. The molecule has 0 saturated heterocycles. The predicted molar refractivity (Wildman–Crippen MR) is 114 cm³/mol. The first-order valence-corrected chi connectivity index (χ1v) is 9.12. The molecule has 0 fully saturated rings. The van der Waals surface area contributed by atoms with E-state index in [1.807, 2.05) is 6.07 Å². The van der Waals surface area contributed by atoms with Gasteiger partial charge in [0, 0.05) is 11.4 Å². The smallest absolute Gasteiger partial charge is 0.289 e. The Balaban J connectivity index is 1.86. The van der Waals surface area contributed by atoms with Gasteiger partial charge in [0.1, 0.15) is 11.6 Å². The van der Waals surface area contributed by atoms with Gasteiger partial charge in [-0.05, 0) is 55.3 Å². The molecule has 0 atom stereocenters. The zero-order valence-corrected chi connectivity index (χ0v) is 16.6. The van der Waals surface area contributed by atoms with Crippen molar-refractivity contribution in [2.24, 2.45) is 5.10 Å². The van der Waals surface area contributed by atoms with Crippen LogP contribution in [0.5, 0.6) is 0 Å². The average molecular weight is 405 g/mol.